The van der Waals surface area contributed by atoms with Crippen molar-refractivity contribution in [2.45, 2.75) is 18.2 Å². The van der Waals surface area contributed by atoms with Crippen LogP contribution >= 0.6 is 11.8 Å². The van der Waals surface area contributed by atoms with Crippen molar-refractivity contribution in [3.63, 3.8) is 0 Å². The molecule has 0 saturated heterocycles. The first-order valence-electron chi connectivity index (χ1n) is 4.33. The van der Waals surface area contributed by atoms with E-state index in [0.717, 1.165) is 4.90 Å². The molecule has 0 fully saturated rings. The molecule has 0 atom stereocenters. The van der Waals surface area contributed by atoms with E-state index in [1.165, 1.54) is 11.8 Å². The summed E-state index contributed by atoms with van der Waals surface area (Å²) in [5, 5.41) is 8.77. The first-order chi connectivity index (χ1) is 6.71. The van der Waals surface area contributed by atoms with Crippen LogP contribution in [-0.4, -0.2) is 12.0 Å². The molecule has 0 amide bonds. The lowest BCUT2D eigenvalue weighted by atomic mass is 10.1. The van der Waals surface area contributed by atoms with Gasteiger partial charge in [-0.25, -0.2) is 0 Å². The highest BCUT2D eigenvalue weighted by atomic mass is 32.2. The van der Waals surface area contributed by atoms with E-state index in [1.54, 1.807) is 12.1 Å². The van der Waals surface area contributed by atoms with Crippen molar-refractivity contribution in [1.29, 1.82) is 5.26 Å². The van der Waals surface area contributed by atoms with Crippen molar-refractivity contribution < 1.29 is 4.79 Å². The zero-order valence-electron chi connectivity index (χ0n) is 8.20. The summed E-state index contributed by atoms with van der Waals surface area (Å²) in [6, 6.07) is 7.32. The van der Waals surface area contributed by atoms with E-state index in [9.17, 15) is 4.79 Å². The van der Waals surface area contributed by atoms with Crippen LogP contribution in [0, 0.1) is 11.3 Å². The van der Waals surface area contributed by atoms with Crippen molar-refractivity contribution in [1.82, 2.24) is 0 Å². The van der Waals surface area contributed by atoms with E-state index < -0.39 is 0 Å². The quantitative estimate of drug-likeness (QED) is 0.562. The van der Waals surface area contributed by atoms with Gasteiger partial charge in [-0.05, 0) is 24.5 Å². The van der Waals surface area contributed by atoms with Gasteiger partial charge >= 0.3 is 0 Å². The fourth-order valence-corrected chi connectivity index (χ4v) is 1.64. The largest absolute Gasteiger partial charge is 0.294 e. The monoisotopic (exact) mass is 205 g/mol. The van der Waals surface area contributed by atoms with Gasteiger partial charge in [0.1, 0.15) is 0 Å². The van der Waals surface area contributed by atoms with Gasteiger partial charge in [0.2, 0.25) is 0 Å². The lowest BCUT2D eigenvalue weighted by Crippen LogP contribution is -1.97. The molecular formula is C11H11NOS. The lowest BCUT2D eigenvalue weighted by molar-refractivity contribution is 0.0988. The first kappa shape index (κ1) is 10.8. The summed E-state index contributed by atoms with van der Waals surface area (Å²) < 4.78 is 0. The average Bonchev–Trinajstić information content (AvgIpc) is 2.27. The summed E-state index contributed by atoms with van der Waals surface area (Å²) in [6.45, 7) is 1.82. The molecule has 0 heterocycles. The Labute approximate surface area is 87.9 Å². The second-order valence-electron chi connectivity index (χ2n) is 2.84. The summed E-state index contributed by atoms with van der Waals surface area (Å²) in [7, 11) is 0. The molecule has 0 radical (unpaired) electrons. The Morgan fingerprint density at radius 3 is 2.71 bits per heavy atom. The number of carbonyl (C=O) groups is 1. The maximum Gasteiger partial charge on any atom is 0.162 e. The van der Waals surface area contributed by atoms with Crippen molar-refractivity contribution in [2.24, 2.45) is 0 Å². The summed E-state index contributed by atoms with van der Waals surface area (Å²) in [6.07, 6.45) is 2.40. The van der Waals surface area contributed by atoms with Crippen molar-refractivity contribution in [3.8, 4) is 6.07 Å². The molecule has 0 aliphatic carbocycles. The Bertz CT molecular complexity index is 393. The van der Waals surface area contributed by atoms with Gasteiger partial charge in [0.25, 0.3) is 0 Å². The van der Waals surface area contributed by atoms with Crippen LogP contribution in [-0.2, 0) is 0 Å². The minimum atomic E-state index is 0.0809. The third kappa shape index (κ3) is 2.36. The normalized spacial score (nSPS) is 9.50. The van der Waals surface area contributed by atoms with Crippen molar-refractivity contribution in [2.75, 3.05) is 6.26 Å². The van der Waals surface area contributed by atoms with E-state index in [0.29, 0.717) is 17.5 Å². The molecule has 0 spiro atoms. The van der Waals surface area contributed by atoms with Crippen LogP contribution in [0.15, 0.2) is 23.1 Å². The van der Waals surface area contributed by atoms with E-state index >= 15 is 0 Å². The molecule has 0 unspecified atom stereocenters. The Morgan fingerprint density at radius 1 is 1.50 bits per heavy atom. The molecule has 0 aromatic heterocycles. The number of thioether (sulfide) groups is 1. The number of hydrogen-bond acceptors (Lipinski definition) is 3. The van der Waals surface area contributed by atoms with Crippen LogP contribution < -0.4 is 0 Å². The minimum Gasteiger partial charge on any atom is -0.294 e. The van der Waals surface area contributed by atoms with Crippen molar-refractivity contribution in [3.05, 3.63) is 29.3 Å². The van der Waals surface area contributed by atoms with Gasteiger partial charge in [-0.2, -0.15) is 5.26 Å². The molecule has 1 rings (SSSR count). The number of rotatable bonds is 3. The van der Waals surface area contributed by atoms with Crippen LogP contribution in [0.25, 0.3) is 0 Å². The third-order valence-electron chi connectivity index (χ3n) is 1.91. The molecule has 72 valence electrons. The fourth-order valence-electron chi connectivity index (χ4n) is 1.15. The number of carbonyl (C=O) groups excluding carboxylic acids is 1. The summed E-state index contributed by atoms with van der Waals surface area (Å²) in [5.74, 6) is 0.0809. The SMILES string of the molecule is CCC(=O)c1cc(C#N)cc(SC)c1. The smallest absolute Gasteiger partial charge is 0.162 e. The maximum absolute atomic E-state index is 11.4. The van der Waals surface area contributed by atoms with Crippen LogP contribution in [0.5, 0.6) is 0 Å². The van der Waals surface area contributed by atoms with Crippen LogP contribution in [0.3, 0.4) is 0 Å². The fraction of sp³-hybridized carbons (Fsp3) is 0.273. The van der Waals surface area contributed by atoms with E-state index in [-0.39, 0.29) is 5.78 Å². The molecule has 1 aromatic carbocycles. The highest BCUT2D eigenvalue weighted by Gasteiger charge is 2.06. The number of nitriles is 1. The maximum atomic E-state index is 11.4. The van der Waals surface area contributed by atoms with Crippen LogP contribution in [0.2, 0.25) is 0 Å². The zero-order valence-corrected chi connectivity index (χ0v) is 9.02. The number of hydrogen-bond donors (Lipinski definition) is 0. The van der Waals surface area contributed by atoms with Crippen LogP contribution in [0.1, 0.15) is 29.3 Å². The minimum absolute atomic E-state index is 0.0809. The van der Waals surface area contributed by atoms with Gasteiger partial charge in [0.15, 0.2) is 5.78 Å². The van der Waals surface area contributed by atoms with E-state index in [4.69, 9.17) is 5.26 Å². The molecule has 1 aromatic rings. The van der Waals surface area contributed by atoms with Gasteiger partial charge in [0.05, 0.1) is 11.6 Å². The third-order valence-corrected chi connectivity index (χ3v) is 2.62. The molecular weight excluding hydrogens is 194 g/mol. The standard InChI is InChI=1S/C11H11NOS/c1-3-11(13)9-4-8(7-12)5-10(6-9)14-2/h4-6H,3H2,1-2H3. The number of ketones is 1. The molecule has 0 bridgehead atoms. The molecule has 0 aliphatic heterocycles. The number of benzene rings is 1. The molecule has 3 heteroatoms. The second kappa shape index (κ2) is 4.83. The second-order valence-corrected chi connectivity index (χ2v) is 3.72. The Kier molecular flexibility index (Phi) is 3.73. The lowest BCUT2D eigenvalue weighted by Gasteiger charge is -2.02. The summed E-state index contributed by atoms with van der Waals surface area (Å²) in [4.78, 5) is 12.4. The molecule has 0 N–H and O–H groups in total. The highest BCUT2D eigenvalue weighted by molar-refractivity contribution is 7.98. The Hall–Kier alpha value is -1.27. The zero-order chi connectivity index (χ0) is 10.6. The van der Waals surface area contributed by atoms with Gasteiger partial charge < -0.3 is 0 Å². The molecule has 0 saturated carbocycles. The molecule has 0 aliphatic rings. The topological polar surface area (TPSA) is 40.9 Å². The molecule has 2 nitrogen and oxygen atoms in total. The van der Waals surface area contributed by atoms with Gasteiger partial charge in [-0.3, -0.25) is 4.79 Å². The van der Waals surface area contributed by atoms with E-state index in [1.807, 2.05) is 19.2 Å². The predicted molar refractivity (Wildman–Crippen MR) is 57.6 cm³/mol. The average molecular weight is 205 g/mol. The summed E-state index contributed by atoms with van der Waals surface area (Å²) >= 11 is 1.54. The Morgan fingerprint density at radius 2 is 2.21 bits per heavy atom. The number of nitrogens with zero attached hydrogens (tertiary/aromatic N) is 1. The van der Waals surface area contributed by atoms with Gasteiger partial charge in [-0.15, -0.1) is 11.8 Å². The highest BCUT2D eigenvalue weighted by Crippen LogP contribution is 2.19. The van der Waals surface area contributed by atoms with Gasteiger partial charge in [-0.1, -0.05) is 6.92 Å². The number of Topliss-reactive ketones (excluding diaryl/α,β-unsaturated/α-hetero) is 1. The summed E-state index contributed by atoms with van der Waals surface area (Å²) in [5.41, 5.74) is 1.18. The van der Waals surface area contributed by atoms with Gasteiger partial charge in [0, 0.05) is 16.9 Å². The Balaban J connectivity index is 3.19. The first-order valence-corrected chi connectivity index (χ1v) is 5.56. The van der Waals surface area contributed by atoms with Crippen molar-refractivity contribution >= 4 is 17.5 Å². The van der Waals surface area contributed by atoms with Crippen LogP contribution in [0.4, 0.5) is 0 Å². The predicted octanol–water partition coefficient (Wildman–Crippen LogP) is 2.87. The van der Waals surface area contributed by atoms with E-state index in [2.05, 4.69) is 6.07 Å². The molecule has 14 heavy (non-hydrogen) atoms.